The molecule has 0 saturated heterocycles. The standard InChI is InChI=1S/C17H16F2O2/c18-14-5-3-6-15(19)13(14)10-16(20)11-8-9-21-17-7-2-1-4-12(11)17/h1-7,11,16,20H,8-10H2. The van der Waals surface area contributed by atoms with E-state index in [1.807, 2.05) is 24.3 Å². The topological polar surface area (TPSA) is 29.5 Å². The summed E-state index contributed by atoms with van der Waals surface area (Å²) in [6, 6.07) is 11.2. The number of hydrogen-bond acceptors (Lipinski definition) is 2. The van der Waals surface area contributed by atoms with Gasteiger partial charge in [0.2, 0.25) is 0 Å². The molecule has 2 unspecified atom stereocenters. The molecule has 110 valence electrons. The van der Waals surface area contributed by atoms with Crippen molar-refractivity contribution >= 4 is 0 Å². The zero-order chi connectivity index (χ0) is 14.8. The van der Waals surface area contributed by atoms with Crippen molar-refractivity contribution in [2.75, 3.05) is 6.61 Å². The molecule has 2 atom stereocenters. The molecule has 0 aliphatic carbocycles. The number of aliphatic hydroxyl groups excluding tert-OH is 1. The Morgan fingerprint density at radius 1 is 1.10 bits per heavy atom. The van der Waals surface area contributed by atoms with E-state index in [2.05, 4.69) is 0 Å². The van der Waals surface area contributed by atoms with Gasteiger partial charge in [-0.1, -0.05) is 24.3 Å². The summed E-state index contributed by atoms with van der Waals surface area (Å²) in [5.74, 6) is -0.667. The maximum atomic E-state index is 13.7. The Labute approximate surface area is 122 Å². The van der Waals surface area contributed by atoms with Crippen LogP contribution in [0, 0.1) is 11.6 Å². The lowest BCUT2D eigenvalue weighted by Crippen LogP contribution is -2.27. The number of hydrogen-bond donors (Lipinski definition) is 1. The summed E-state index contributed by atoms with van der Waals surface area (Å²) < 4.78 is 32.9. The Morgan fingerprint density at radius 2 is 1.81 bits per heavy atom. The van der Waals surface area contributed by atoms with E-state index in [0.717, 1.165) is 11.3 Å². The van der Waals surface area contributed by atoms with E-state index >= 15 is 0 Å². The lowest BCUT2D eigenvalue weighted by Gasteiger charge is -2.29. The molecule has 0 saturated carbocycles. The van der Waals surface area contributed by atoms with Crippen molar-refractivity contribution in [1.82, 2.24) is 0 Å². The molecule has 2 aromatic rings. The summed E-state index contributed by atoms with van der Waals surface area (Å²) in [5.41, 5.74) is 0.835. The highest BCUT2D eigenvalue weighted by atomic mass is 19.1. The molecule has 1 aliphatic heterocycles. The van der Waals surface area contributed by atoms with Crippen molar-refractivity contribution in [3.63, 3.8) is 0 Å². The SMILES string of the molecule is OC(Cc1c(F)cccc1F)C1CCOc2ccccc21. The second kappa shape index (κ2) is 5.82. The predicted octanol–water partition coefficient (Wildman–Crippen LogP) is 3.43. The number of halogens is 2. The van der Waals surface area contributed by atoms with E-state index in [9.17, 15) is 13.9 Å². The van der Waals surface area contributed by atoms with Gasteiger partial charge < -0.3 is 9.84 Å². The molecule has 1 aliphatic rings. The first-order valence-corrected chi connectivity index (χ1v) is 6.99. The average Bonchev–Trinajstić information content (AvgIpc) is 2.50. The van der Waals surface area contributed by atoms with Crippen LogP contribution in [0.15, 0.2) is 42.5 Å². The van der Waals surface area contributed by atoms with Crippen LogP contribution in [0.1, 0.15) is 23.5 Å². The normalized spacial score (nSPS) is 18.7. The van der Waals surface area contributed by atoms with Gasteiger partial charge in [0.15, 0.2) is 0 Å². The summed E-state index contributed by atoms with van der Waals surface area (Å²) in [6.07, 6.45) is -0.257. The van der Waals surface area contributed by atoms with Gasteiger partial charge in [-0.2, -0.15) is 0 Å². The number of benzene rings is 2. The quantitative estimate of drug-likeness (QED) is 0.938. The molecular weight excluding hydrogens is 274 g/mol. The van der Waals surface area contributed by atoms with E-state index < -0.39 is 17.7 Å². The first kappa shape index (κ1) is 14.0. The molecule has 0 bridgehead atoms. The number of fused-ring (bicyclic) bond motifs is 1. The third-order valence-electron chi connectivity index (χ3n) is 3.94. The van der Waals surface area contributed by atoms with Crippen molar-refractivity contribution in [2.45, 2.75) is 24.9 Å². The molecule has 1 N–H and O–H groups in total. The minimum atomic E-state index is -0.846. The maximum absolute atomic E-state index is 13.7. The minimum absolute atomic E-state index is 0.0441. The summed E-state index contributed by atoms with van der Waals surface area (Å²) in [4.78, 5) is 0. The zero-order valence-corrected chi connectivity index (χ0v) is 11.4. The van der Waals surface area contributed by atoms with Gasteiger partial charge in [0.05, 0.1) is 12.7 Å². The van der Waals surface area contributed by atoms with Gasteiger partial charge in [-0.05, 0) is 30.2 Å². The van der Waals surface area contributed by atoms with E-state index in [1.54, 1.807) is 0 Å². The Kier molecular flexibility index (Phi) is 3.88. The van der Waals surface area contributed by atoms with Gasteiger partial charge in [-0.25, -0.2) is 8.78 Å². The predicted molar refractivity (Wildman–Crippen MR) is 75.4 cm³/mol. The summed E-state index contributed by atoms with van der Waals surface area (Å²) in [7, 11) is 0. The number of para-hydroxylation sites is 1. The number of aliphatic hydroxyl groups is 1. The fourth-order valence-electron chi connectivity index (χ4n) is 2.85. The fourth-order valence-corrected chi connectivity index (χ4v) is 2.85. The van der Waals surface area contributed by atoms with Crippen LogP contribution in [0.25, 0.3) is 0 Å². The molecule has 21 heavy (non-hydrogen) atoms. The Hall–Kier alpha value is -1.94. The maximum Gasteiger partial charge on any atom is 0.129 e. The highest BCUT2D eigenvalue weighted by Gasteiger charge is 2.28. The second-order valence-electron chi connectivity index (χ2n) is 5.25. The fraction of sp³-hybridized carbons (Fsp3) is 0.294. The molecule has 0 spiro atoms. The van der Waals surface area contributed by atoms with Crippen LogP contribution in [0.2, 0.25) is 0 Å². The highest BCUT2D eigenvalue weighted by Crippen LogP contribution is 2.36. The Bertz CT molecular complexity index is 622. The van der Waals surface area contributed by atoms with Gasteiger partial charge in [0, 0.05) is 17.9 Å². The highest BCUT2D eigenvalue weighted by molar-refractivity contribution is 5.38. The van der Waals surface area contributed by atoms with Crippen molar-refractivity contribution in [3.05, 3.63) is 65.2 Å². The minimum Gasteiger partial charge on any atom is -0.493 e. The molecule has 2 aromatic carbocycles. The molecule has 0 fully saturated rings. The molecule has 4 heteroatoms. The van der Waals surface area contributed by atoms with Gasteiger partial charge in [-0.3, -0.25) is 0 Å². The van der Waals surface area contributed by atoms with Crippen LogP contribution >= 0.6 is 0 Å². The Morgan fingerprint density at radius 3 is 2.57 bits per heavy atom. The van der Waals surface area contributed by atoms with Crippen LogP contribution in [0.3, 0.4) is 0 Å². The average molecular weight is 290 g/mol. The van der Waals surface area contributed by atoms with Crippen LogP contribution in [0.4, 0.5) is 8.78 Å². The van der Waals surface area contributed by atoms with E-state index in [0.29, 0.717) is 13.0 Å². The second-order valence-corrected chi connectivity index (χ2v) is 5.25. The van der Waals surface area contributed by atoms with Crippen LogP contribution in [0.5, 0.6) is 5.75 Å². The van der Waals surface area contributed by atoms with Crippen molar-refractivity contribution < 1.29 is 18.6 Å². The van der Waals surface area contributed by atoms with Crippen LogP contribution in [-0.2, 0) is 6.42 Å². The van der Waals surface area contributed by atoms with Gasteiger partial charge in [-0.15, -0.1) is 0 Å². The summed E-state index contributed by atoms with van der Waals surface area (Å²) in [6.45, 7) is 0.499. The third-order valence-corrected chi connectivity index (χ3v) is 3.94. The monoisotopic (exact) mass is 290 g/mol. The lowest BCUT2D eigenvalue weighted by atomic mass is 9.85. The molecule has 3 rings (SSSR count). The van der Waals surface area contributed by atoms with Crippen LogP contribution < -0.4 is 4.74 Å². The number of rotatable bonds is 3. The van der Waals surface area contributed by atoms with Gasteiger partial charge in [0.25, 0.3) is 0 Å². The smallest absolute Gasteiger partial charge is 0.129 e. The van der Waals surface area contributed by atoms with Crippen LogP contribution in [-0.4, -0.2) is 17.8 Å². The molecule has 0 radical (unpaired) electrons. The zero-order valence-electron chi connectivity index (χ0n) is 11.4. The van der Waals surface area contributed by atoms with Crippen molar-refractivity contribution in [2.24, 2.45) is 0 Å². The lowest BCUT2D eigenvalue weighted by molar-refractivity contribution is 0.115. The van der Waals surface area contributed by atoms with Gasteiger partial charge >= 0.3 is 0 Å². The van der Waals surface area contributed by atoms with Crippen molar-refractivity contribution in [3.8, 4) is 5.75 Å². The third kappa shape index (κ3) is 2.76. The van der Waals surface area contributed by atoms with Gasteiger partial charge in [0.1, 0.15) is 17.4 Å². The summed E-state index contributed by atoms with van der Waals surface area (Å²) >= 11 is 0. The molecule has 0 amide bonds. The van der Waals surface area contributed by atoms with E-state index in [4.69, 9.17) is 4.74 Å². The number of ether oxygens (including phenoxy) is 1. The van der Waals surface area contributed by atoms with E-state index in [-0.39, 0.29) is 17.9 Å². The first-order valence-electron chi connectivity index (χ1n) is 6.99. The molecule has 2 nitrogen and oxygen atoms in total. The Balaban J connectivity index is 1.85. The first-order chi connectivity index (χ1) is 10.2. The summed E-state index contributed by atoms with van der Waals surface area (Å²) in [5, 5.41) is 10.4. The molecular formula is C17H16F2O2. The van der Waals surface area contributed by atoms with Crippen molar-refractivity contribution in [1.29, 1.82) is 0 Å². The molecule has 0 aromatic heterocycles. The largest absolute Gasteiger partial charge is 0.493 e. The molecule has 1 heterocycles. The van der Waals surface area contributed by atoms with E-state index in [1.165, 1.54) is 18.2 Å².